The molecule has 1 aliphatic heterocycles. The molecule has 0 atom stereocenters. The van der Waals surface area contributed by atoms with Gasteiger partial charge in [-0.15, -0.1) is 0 Å². The third-order valence-corrected chi connectivity index (χ3v) is 3.23. The highest BCUT2D eigenvalue weighted by molar-refractivity contribution is 4.70. The molecule has 1 rings (SSSR count). The molecule has 0 saturated carbocycles. The van der Waals surface area contributed by atoms with Crippen molar-refractivity contribution in [3.05, 3.63) is 0 Å². The lowest BCUT2D eigenvalue weighted by Crippen LogP contribution is -2.40. The number of hydrogen-bond acceptors (Lipinski definition) is 3. The number of nitrogens with zero attached hydrogens (tertiary/aromatic N) is 1. The van der Waals surface area contributed by atoms with Crippen LogP contribution in [0.5, 0.6) is 0 Å². The number of hydrogen-bond donors (Lipinski definition) is 2. The maximum absolute atomic E-state index is 3.51. The van der Waals surface area contributed by atoms with Crippen molar-refractivity contribution in [1.29, 1.82) is 0 Å². The highest BCUT2D eigenvalue weighted by Gasteiger charge is 2.09. The van der Waals surface area contributed by atoms with Gasteiger partial charge in [-0.25, -0.2) is 0 Å². The van der Waals surface area contributed by atoms with Crippen LogP contribution in [0.15, 0.2) is 0 Å². The molecule has 0 aromatic carbocycles. The lowest BCUT2D eigenvalue weighted by molar-refractivity contribution is 0.225. The first kappa shape index (κ1) is 14.9. The molecule has 0 aliphatic carbocycles. The van der Waals surface area contributed by atoms with Crippen LogP contribution >= 0.6 is 0 Å². The first-order valence-corrected chi connectivity index (χ1v) is 7.26. The van der Waals surface area contributed by atoms with Crippen molar-refractivity contribution < 1.29 is 0 Å². The standard InChI is InChI=1S/C14H31N3/c1-14(2,3)16-10-9-15-8-7-13-17-11-5-4-6-12-17/h15-16H,4-13H2,1-3H3. The maximum atomic E-state index is 3.51. The Kier molecular flexibility index (Phi) is 7.09. The first-order valence-electron chi connectivity index (χ1n) is 7.26. The van der Waals surface area contributed by atoms with Gasteiger partial charge in [0.25, 0.3) is 0 Å². The molecule has 1 saturated heterocycles. The van der Waals surface area contributed by atoms with Gasteiger partial charge in [0.15, 0.2) is 0 Å². The molecule has 17 heavy (non-hydrogen) atoms. The largest absolute Gasteiger partial charge is 0.315 e. The van der Waals surface area contributed by atoms with E-state index in [0.29, 0.717) is 0 Å². The van der Waals surface area contributed by atoms with Crippen molar-refractivity contribution in [2.75, 3.05) is 39.3 Å². The topological polar surface area (TPSA) is 27.3 Å². The monoisotopic (exact) mass is 241 g/mol. The van der Waals surface area contributed by atoms with E-state index in [0.717, 1.165) is 19.6 Å². The number of nitrogens with one attached hydrogen (secondary N) is 2. The van der Waals surface area contributed by atoms with Crippen LogP contribution in [0.1, 0.15) is 46.5 Å². The van der Waals surface area contributed by atoms with Crippen LogP contribution in [0, 0.1) is 0 Å². The van der Waals surface area contributed by atoms with E-state index in [4.69, 9.17) is 0 Å². The Morgan fingerprint density at radius 1 is 0.941 bits per heavy atom. The third-order valence-electron chi connectivity index (χ3n) is 3.23. The van der Waals surface area contributed by atoms with Gasteiger partial charge in [-0.2, -0.15) is 0 Å². The molecule has 1 heterocycles. The van der Waals surface area contributed by atoms with Crippen molar-refractivity contribution in [3.63, 3.8) is 0 Å². The van der Waals surface area contributed by atoms with Crippen molar-refractivity contribution in [2.24, 2.45) is 0 Å². The van der Waals surface area contributed by atoms with Crippen molar-refractivity contribution in [1.82, 2.24) is 15.5 Å². The molecule has 0 radical (unpaired) electrons. The second-order valence-electron chi connectivity index (χ2n) is 6.18. The molecule has 0 spiro atoms. The summed E-state index contributed by atoms with van der Waals surface area (Å²) in [6.07, 6.45) is 5.54. The smallest absolute Gasteiger partial charge is 0.00970 e. The van der Waals surface area contributed by atoms with E-state index >= 15 is 0 Å². The molecule has 0 bridgehead atoms. The average Bonchev–Trinajstić information content (AvgIpc) is 2.28. The molecule has 2 N–H and O–H groups in total. The molecule has 0 unspecified atom stereocenters. The lowest BCUT2D eigenvalue weighted by Gasteiger charge is -2.26. The van der Waals surface area contributed by atoms with E-state index in [1.165, 1.54) is 45.3 Å². The Labute approximate surface area is 107 Å². The van der Waals surface area contributed by atoms with Crippen LogP contribution in [0.3, 0.4) is 0 Å². The Morgan fingerprint density at radius 2 is 1.65 bits per heavy atom. The summed E-state index contributed by atoms with van der Waals surface area (Å²) in [6, 6.07) is 0. The minimum Gasteiger partial charge on any atom is -0.315 e. The predicted octanol–water partition coefficient (Wildman–Crippen LogP) is 1.84. The van der Waals surface area contributed by atoms with Crippen LogP contribution in [0.4, 0.5) is 0 Å². The Hall–Kier alpha value is -0.120. The van der Waals surface area contributed by atoms with E-state index in [1.54, 1.807) is 0 Å². The molecular formula is C14H31N3. The Morgan fingerprint density at radius 3 is 2.29 bits per heavy atom. The lowest BCUT2D eigenvalue weighted by atomic mass is 10.1. The van der Waals surface area contributed by atoms with Gasteiger partial charge in [0.2, 0.25) is 0 Å². The van der Waals surface area contributed by atoms with E-state index in [9.17, 15) is 0 Å². The molecule has 0 aromatic heterocycles. The summed E-state index contributed by atoms with van der Waals surface area (Å²) >= 11 is 0. The average molecular weight is 241 g/mol. The van der Waals surface area contributed by atoms with Crippen LogP contribution < -0.4 is 10.6 Å². The van der Waals surface area contributed by atoms with Gasteiger partial charge in [0.05, 0.1) is 0 Å². The molecule has 0 amide bonds. The quantitative estimate of drug-likeness (QED) is 0.666. The summed E-state index contributed by atoms with van der Waals surface area (Å²) in [5, 5.41) is 7.00. The SMILES string of the molecule is CC(C)(C)NCCNCCCN1CCCCC1. The summed E-state index contributed by atoms with van der Waals surface area (Å²) in [7, 11) is 0. The Bertz CT molecular complexity index is 180. The Balaban J connectivity index is 1.84. The summed E-state index contributed by atoms with van der Waals surface area (Å²) in [5.74, 6) is 0. The molecule has 1 aliphatic rings. The van der Waals surface area contributed by atoms with Crippen LogP contribution in [0.2, 0.25) is 0 Å². The summed E-state index contributed by atoms with van der Waals surface area (Å²) in [5.41, 5.74) is 0.246. The zero-order valence-corrected chi connectivity index (χ0v) is 12.0. The number of piperidine rings is 1. The van der Waals surface area contributed by atoms with Crippen LogP contribution in [0.25, 0.3) is 0 Å². The summed E-state index contributed by atoms with van der Waals surface area (Å²) < 4.78 is 0. The zero-order chi connectivity index (χ0) is 12.6. The first-order chi connectivity index (χ1) is 8.08. The van der Waals surface area contributed by atoms with Crippen LogP contribution in [-0.4, -0.2) is 49.7 Å². The summed E-state index contributed by atoms with van der Waals surface area (Å²) in [4.78, 5) is 2.61. The zero-order valence-electron chi connectivity index (χ0n) is 12.0. The van der Waals surface area contributed by atoms with E-state index in [-0.39, 0.29) is 5.54 Å². The van der Waals surface area contributed by atoms with Crippen LogP contribution in [-0.2, 0) is 0 Å². The second kappa shape index (κ2) is 8.06. The number of rotatable bonds is 7. The fraction of sp³-hybridized carbons (Fsp3) is 1.00. The highest BCUT2D eigenvalue weighted by Crippen LogP contribution is 2.08. The normalized spacial score (nSPS) is 18.5. The summed E-state index contributed by atoms with van der Waals surface area (Å²) in [6.45, 7) is 13.9. The fourth-order valence-corrected chi connectivity index (χ4v) is 2.26. The van der Waals surface area contributed by atoms with E-state index < -0.39 is 0 Å². The van der Waals surface area contributed by atoms with Gasteiger partial charge in [-0.05, 0) is 66.2 Å². The molecule has 0 aromatic rings. The van der Waals surface area contributed by atoms with Gasteiger partial charge < -0.3 is 15.5 Å². The third kappa shape index (κ3) is 8.58. The van der Waals surface area contributed by atoms with E-state index in [1.807, 2.05) is 0 Å². The van der Waals surface area contributed by atoms with Gasteiger partial charge in [0, 0.05) is 18.6 Å². The van der Waals surface area contributed by atoms with E-state index in [2.05, 4.69) is 36.3 Å². The molecule has 3 nitrogen and oxygen atoms in total. The molecule has 102 valence electrons. The van der Waals surface area contributed by atoms with Gasteiger partial charge in [-0.1, -0.05) is 6.42 Å². The van der Waals surface area contributed by atoms with Crippen molar-refractivity contribution in [3.8, 4) is 0 Å². The highest BCUT2D eigenvalue weighted by atomic mass is 15.1. The molecule has 1 fully saturated rings. The molecular weight excluding hydrogens is 210 g/mol. The maximum Gasteiger partial charge on any atom is 0.00970 e. The van der Waals surface area contributed by atoms with Crippen molar-refractivity contribution in [2.45, 2.75) is 52.0 Å². The van der Waals surface area contributed by atoms with Gasteiger partial charge in [0.1, 0.15) is 0 Å². The minimum absolute atomic E-state index is 0.246. The predicted molar refractivity (Wildman–Crippen MR) is 75.5 cm³/mol. The van der Waals surface area contributed by atoms with Gasteiger partial charge >= 0.3 is 0 Å². The number of likely N-dealkylation sites (tertiary alicyclic amines) is 1. The van der Waals surface area contributed by atoms with Crippen molar-refractivity contribution >= 4 is 0 Å². The van der Waals surface area contributed by atoms with Gasteiger partial charge in [-0.3, -0.25) is 0 Å². The fourth-order valence-electron chi connectivity index (χ4n) is 2.26. The second-order valence-corrected chi connectivity index (χ2v) is 6.18. The minimum atomic E-state index is 0.246. The molecule has 3 heteroatoms.